The number of ether oxygens (including phenoxy) is 1. The van der Waals surface area contributed by atoms with Crippen LogP contribution in [-0.4, -0.2) is 34.6 Å². The van der Waals surface area contributed by atoms with Crippen molar-refractivity contribution in [1.82, 2.24) is 10.4 Å². The Balaban J connectivity index is 1.86. The van der Waals surface area contributed by atoms with Gasteiger partial charge in [-0.05, 0) is 38.5 Å². The number of amides is 3. The molecule has 2 aromatic rings. The molecular weight excluding hydrogens is 402 g/mol. The second-order valence-electron chi connectivity index (χ2n) is 7.02. The van der Waals surface area contributed by atoms with Crippen LogP contribution in [0.5, 0.6) is 5.75 Å². The highest BCUT2D eigenvalue weighted by atomic mass is 32.2. The van der Waals surface area contributed by atoms with Gasteiger partial charge in [0.25, 0.3) is 11.8 Å². The van der Waals surface area contributed by atoms with Crippen LogP contribution in [0.4, 0.5) is 5.69 Å². The molecule has 0 spiro atoms. The second kappa shape index (κ2) is 9.21. The largest absolute Gasteiger partial charge is 0.493 e. The molecule has 2 atom stereocenters. The predicted molar refractivity (Wildman–Crippen MR) is 117 cm³/mol. The van der Waals surface area contributed by atoms with Gasteiger partial charge < -0.3 is 10.1 Å². The molecule has 0 bridgehead atoms. The summed E-state index contributed by atoms with van der Waals surface area (Å²) >= 11 is 1.48. The first-order valence-electron chi connectivity index (χ1n) is 9.70. The summed E-state index contributed by atoms with van der Waals surface area (Å²) in [6, 6.07) is 12.7. The van der Waals surface area contributed by atoms with Crippen LogP contribution in [0.15, 0.2) is 42.5 Å². The Labute approximate surface area is 180 Å². The highest BCUT2D eigenvalue weighted by Crippen LogP contribution is 2.42. The van der Waals surface area contributed by atoms with Crippen molar-refractivity contribution < 1.29 is 19.1 Å². The number of carbonyl (C=O) groups is 3. The van der Waals surface area contributed by atoms with E-state index in [0.29, 0.717) is 18.0 Å². The molecule has 158 valence electrons. The normalized spacial score (nSPS) is 18.3. The van der Waals surface area contributed by atoms with E-state index in [9.17, 15) is 14.4 Å². The summed E-state index contributed by atoms with van der Waals surface area (Å²) in [5, 5.41) is 3.47. The van der Waals surface area contributed by atoms with Gasteiger partial charge in [-0.25, -0.2) is 5.01 Å². The summed E-state index contributed by atoms with van der Waals surface area (Å²) in [5.74, 6) is -0.496. The molecule has 1 saturated heterocycles. The van der Waals surface area contributed by atoms with Gasteiger partial charge in [0.15, 0.2) is 0 Å². The second-order valence-corrected chi connectivity index (χ2v) is 8.44. The minimum Gasteiger partial charge on any atom is -0.493 e. The maximum Gasteiger partial charge on any atom is 0.273 e. The van der Waals surface area contributed by atoms with Gasteiger partial charge >= 0.3 is 0 Å². The van der Waals surface area contributed by atoms with Gasteiger partial charge in [-0.2, -0.15) is 0 Å². The fourth-order valence-electron chi connectivity index (χ4n) is 3.13. The molecule has 3 rings (SSSR count). The smallest absolute Gasteiger partial charge is 0.273 e. The molecule has 1 fully saturated rings. The van der Waals surface area contributed by atoms with Crippen LogP contribution in [0.25, 0.3) is 0 Å². The number of benzene rings is 2. The van der Waals surface area contributed by atoms with Crippen LogP contribution in [0, 0.1) is 6.92 Å². The first-order chi connectivity index (χ1) is 14.3. The Kier molecular flexibility index (Phi) is 6.66. The van der Waals surface area contributed by atoms with Gasteiger partial charge in [0, 0.05) is 18.7 Å². The van der Waals surface area contributed by atoms with E-state index in [1.807, 2.05) is 45.0 Å². The lowest BCUT2D eigenvalue weighted by molar-refractivity contribution is -0.132. The van der Waals surface area contributed by atoms with E-state index in [2.05, 4.69) is 10.7 Å². The third kappa shape index (κ3) is 4.76. The lowest BCUT2D eigenvalue weighted by atomic mass is 10.1. The van der Waals surface area contributed by atoms with Crippen molar-refractivity contribution in [3.63, 3.8) is 0 Å². The molecule has 0 saturated carbocycles. The molecular formula is C22H25N3O4S. The van der Waals surface area contributed by atoms with Gasteiger partial charge in [0.05, 0.1) is 17.4 Å². The molecule has 2 N–H and O–H groups in total. The number of anilines is 1. The highest BCUT2D eigenvalue weighted by molar-refractivity contribution is 8.01. The number of nitrogens with zero attached hydrogens (tertiary/aromatic N) is 1. The zero-order chi connectivity index (χ0) is 21.8. The molecule has 0 aromatic heterocycles. The third-order valence-electron chi connectivity index (χ3n) is 4.58. The number of thioether (sulfide) groups is 1. The molecule has 7 nitrogen and oxygen atoms in total. The van der Waals surface area contributed by atoms with Crippen molar-refractivity contribution in [1.29, 1.82) is 0 Å². The van der Waals surface area contributed by atoms with Crippen LogP contribution in [-0.2, 0) is 9.59 Å². The van der Waals surface area contributed by atoms with E-state index in [1.54, 1.807) is 18.2 Å². The molecule has 0 aliphatic carbocycles. The Morgan fingerprint density at radius 1 is 1.17 bits per heavy atom. The Bertz CT molecular complexity index is 961. The molecule has 3 amide bonds. The lowest BCUT2D eigenvalue weighted by Crippen LogP contribution is -2.45. The number of rotatable bonds is 6. The Hall–Kier alpha value is -3.00. The number of hydrazine groups is 1. The van der Waals surface area contributed by atoms with E-state index in [0.717, 1.165) is 11.1 Å². The van der Waals surface area contributed by atoms with Gasteiger partial charge in [-0.15, -0.1) is 11.8 Å². The van der Waals surface area contributed by atoms with Crippen molar-refractivity contribution in [2.45, 2.75) is 38.3 Å². The topological polar surface area (TPSA) is 87.7 Å². The average Bonchev–Trinajstić information content (AvgIpc) is 2.97. The Morgan fingerprint density at radius 3 is 2.50 bits per heavy atom. The van der Waals surface area contributed by atoms with E-state index >= 15 is 0 Å². The number of aryl methyl sites for hydroxylation is 1. The van der Waals surface area contributed by atoms with Crippen molar-refractivity contribution in [3.8, 4) is 5.75 Å². The number of hydrogen-bond acceptors (Lipinski definition) is 5. The summed E-state index contributed by atoms with van der Waals surface area (Å²) in [4.78, 5) is 37.1. The molecule has 1 aliphatic rings. The maximum absolute atomic E-state index is 13.0. The van der Waals surface area contributed by atoms with Crippen LogP contribution in [0.1, 0.15) is 47.6 Å². The van der Waals surface area contributed by atoms with E-state index in [1.165, 1.54) is 23.7 Å². The van der Waals surface area contributed by atoms with Gasteiger partial charge in [-0.1, -0.05) is 29.8 Å². The molecule has 1 aliphatic heterocycles. The van der Waals surface area contributed by atoms with Gasteiger partial charge in [0.1, 0.15) is 11.1 Å². The minimum atomic E-state index is -0.451. The first-order valence-corrected chi connectivity index (χ1v) is 10.6. The summed E-state index contributed by atoms with van der Waals surface area (Å²) in [6.45, 7) is 7.39. The molecule has 8 heteroatoms. The van der Waals surface area contributed by atoms with Gasteiger partial charge in [0.2, 0.25) is 5.91 Å². The van der Waals surface area contributed by atoms with Crippen molar-refractivity contribution in [3.05, 3.63) is 59.2 Å². The van der Waals surface area contributed by atoms with Crippen LogP contribution in [0.3, 0.4) is 0 Å². The molecule has 30 heavy (non-hydrogen) atoms. The van der Waals surface area contributed by atoms with E-state index in [-0.39, 0.29) is 28.0 Å². The lowest BCUT2D eigenvalue weighted by Gasteiger charge is -2.25. The zero-order valence-corrected chi connectivity index (χ0v) is 18.2. The average molecular weight is 428 g/mol. The van der Waals surface area contributed by atoms with Crippen molar-refractivity contribution >= 4 is 35.2 Å². The molecule has 1 heterocycles. The first kappa shape index (κ1) is 21.7. The monoisotopic (exact) mass is 427 g/mol. The highest BCUT2D eigenvalue weighted by Gasteiger charge is 2.40. The van der Waals surface area contributed by atoms with Crippen molar-refractivity contribution in [2.24, 2.45) is 0 Å². The van der Waals surface area contributed by atoms with Crippen LogP contribution in [0.2, 0.25) is 0 Å². The zero-order valence-electron chi connectivity index (χ0n) is 17.4. The van der Waals surface area contributed by atoms with Gasteiger partial charge in [-0.3, -0.25) is 19.8 Å². The van der Waals surface area contributed by atoms with Crippen LogP contribution >= 0.6 is 11.8 Å². The minimum absolute atomic E-state index is 0.160. The predicted octanol–water partition coefficient (Wildman–Crippen LogP) is 3.66. The summed E-state index contributed by atoms with van der Waals surface area (Å²) in [7, 11) is 0. The van der Waals surface area contributed by atoms with Crippen LogP contribution < -0.4 is 15.5 Å². The number of carbonyl (C=O) groups excluding carboxylic acids is 3. The molecule has 2 aromatic carbocycles. The number of nitrogens with one attached hydrogen (secondary N) is 2. The standard InChI is InChI=1S/C22H25N3O4S/c1-5-29-19-12-17(23-15(4)26)10-11-18(19)20(27)24-25-21(28)14(3)30-22(25)16-8-6-13(2)7-9-16/h6-12,14,22H,5H2,1-4H3,(H,23,26)(H,24,27)/t14-,22+/m0/s1. The van der Waals surface area contributed by atoms with E-state index in [4.69, 9.17) is 4.74 Å². The fraction of sp³-hybridized carbons (Fsp3) is 0.318. The summed E-state index contributed by atoms with van der Waals surface area (Å²) in [6.07, 6.45) is 0. The molecule has 0 radical (unpaired) electrons. The maximum atomic E-state index is 13.0. The van der Waals surface area contributed by atoms with E-state index < -0.39 is 5.91 Å². The quantitative estimate of drug-likeness (QED) is 0.735. The summed E-state index contributed by atoms with van der Waals surface area (Å²) in [5.41, 5.74) is 5.63. The fourth-order valence-corrected chi connectivity index (χ4v) is 4.34. The Morgan fingerprint density at radius 2 is 1.87 bits per heavy atom. The molecule has 0 unspecified atom stereocenters. The summed E-state index contributed by atoms with van der Waals surface area (Å²) < 4.78 is 5.60. The van der Waals surface area contributed by atoms with Crippen molar-refractivity contribution in [2.75, 3.05) is 11.9 Å². The third-order valence-corrected chi connectivity index (χ3v) is 5.93. The SMILES string of the molecule is CCOc1cc(NC(C)=O)ccc1C(=O)NN1C(=O)[C@H](C)S[C@@H]1c1ccc(C)cc1. The number of hydrogen-bond donors (Lipinski definition) is 2.